The lowest BCUT2D eigenvalue weighted by atomic mass is 10.1. The second-order valence-electron chi connectivity index (χ2n) is 4.54. The maximum Gasteiger partial charge on any atom is 0.266 e. The van der Waals surface area contributed by atoms with Gasteiger partial charge in [0.1, 0.15) is 0 Å². The summed E-state index contributed by atoms with van der Waals surface area (Å²) in [6.45, 7) is 1.85. The molecule has 2 aromatic carbocycles. The van der Waals surface area contributed by atoms with Gasteiger partial charge < -0.3 is 0 Å². The molecular weight excluding hydrogens is 297 g/mol. The third-order valence-corrected chi connectivity index (χ3v) is 4.01. The Morgan fingerprint density at radius 3 is 1.90 bits per heavy atom. The van der Waals surface area contributed by atoms with Crippen LogP contribution in [0.15, 0.2) is 36.4 Å². The molecule has 0 N–H and O–H groups in total. The van der Waals surface area contributed by atoms with Gasteiger partial charge in [-0.2, -0.15) is 0 Å². The molecule has 0 unspecified atom stereocenters. The van der Waals surface area contributed by atoms with E-state index in [0.29, 0.717) is 5.69 Å². The highest BCUT2D eigenvalue weighted by Gasteiger charge is 2.37. The number of hydrogen-bond acceptors (Lipinski definition) is 2. The van der Waals surface area contributed by atoms with E-state index in [1.807, 2.05) is 19.1 Å². The summed E-state index contributed by atoms with van der Waals surface area (Å²) in [5, 5.41) is 0.524. The van der Waals surface area contributed by atoms with Crippen LogP contribution in [0.3, 0.4) is 0 Å². The van der Waals surface area contributed by atoms with Crippen molar-refractivity contribution < 1.29 is 9.59 Å². The van der Waals surface area contributed by atoms with Gasteiger partial charge in [-0.05, 0) is 30.7 Å². The van der Waals surface area contributed by atoms with Crippen LogP contribution in [-0.2, 0) is 0 Å². The number of anilines is 1. The van der Waals surface area contributed by atoms with Crippen LogP contribution in [0.4, 0.5) is 5.69 Å². The number of halogens is 2. The molecule has 1 aliphatic rings. The lowest BCUT2D eigenvalue weighted by molar-refractivity contribution is 0.0926. The van der Waals surface area contributed by atoms with Crippen molar-refractivity contribution in [1.29, 1.82) is 0 Å². The SMILES string of the molecule is Cc1ccccc1N1C(=O)c2cc(Cl)c(Cl)cc2C1=O. The van der Waals surface area contributed by atoms with E-state index < -0.39 is 0 Å². The van der Waals surface area contributed by atoms with Gasteiger partial charge in [-0.15, -0.1) is 0 Å². The number of rotatable bonds is 1. The summed E-state index contributed by atoms with van der Waals surface area (Å²) in [6, 6.07) is 10.1. The zero-order valence-electron chi connectivity index (χ0n) is 10.5. The molecule has 0 bridgehead atoms. The predicted octanol–water partition coefficient (Wildman–Crippen LogP) is 4.10. The quantitative estimate of drug-likeness (QED) is 0.744. The van der Waals surface area contributed by atoms with Gasteiger partial charge in [0.05, 0.1) is 26.9 Å². The Labute approximate surface area is 125 Å². The van der Waals surface area contributed by atoms with E-state index >= 15 is 0 Å². The van der Waals surface area contributed by atoms with Gasteiger partial charge in [-0.25, -0.2) is 4.90 Å². The minimum Gasteiger partial charge on any atom is -0.268 e. The molecule has 100 valence electrons. The summed E-state index contributed by atoms with van der Waals surface area (Å²) in [4.78, 5) is 26.0. The number of imide groups is 1. The molecule has 0 saturated heterocycles. The number of amides is 2. The van der Waals surface area contributed by atoms with Crippen molar-refractivity contribution in [1.82, 2.24) is 0 Å². The van der Waals surface area contributed by atoms with Gasteiger partial charge in [0.2, 0.25) is 0 Å². The molecule has 1 aliphatic heterocycles. The summed E-state index contributed by atoms with van der Waals surface area (Å²) in [6.07, 6.45) is 0. The highest BCUT2D eigenvalue weighted by atomic mass is 35.5. The predicted molar refractivity (Wildman–Crippen MR) is 78.8 cm³/mol. The number of para-hydroxylation sites is 1. The molecule has 2 aromatic rings. The van der Waals surface area contributed by atoms with Gasteiger partial charge in [0.15, 0.2) is 0 Å². The summed E-state index contributed by atoms with van der Waals surface area (Å²) in [5.74, 6) is -0.754. The fourth-order valence-electron chi connectivity index (χ4n) is 2.27. The van der Waals surface area contributed by atoms with Crippen LogP contribution in [-0.4, -0.2) is 11.8 Å². The molecule has 3 rings (SSSR count). The van der Waals surface area contributed by atoms with E-state index in [-0.39, 0.29) is 33.0 Å². The summed E-state index contributed by atoms with van der Waals surface area (Å²) in [7, 11) is 0. The summed E-state index contributed by atoms with van der Waals surface area (Å²) < 4.78 is 0. The van der Waals surface area contributed by atoms with E-state index in [0.717, 1.165) is 10.5 Å². The van der Waals surface area contributed by atoms with E-state index in [2.05, 4.69) is 0 Å². The molecule has 0 saturated carbocycles. The highest BCUT2D eigenvalue weighted by Crippen LogP contribution is 2.34. The van der Waals surface area contributed by atoms with Gasteiger partial charge in [0, 0.05) is 0 Å². The Kier molecular flexibility index (Phi) is 3.04. The maximum absolute atomic E-state index is 12.4. The number of benzene rings is 2. The maximum atomic E-state index is 12.4. The van der Waals surface area contributed by atoms with Gasteiger partial charge in [0.25, 0.3) is 11.8 Å². The van der Waals surface area contributed by atoms with Crippen molar-refractivity contribution in [3.63, 3.8) is 0 Å². The molecular formula is C15H9Cl2NO2. The fourth-order valence-corrected chi connectivity index (χ4v) is 2.59. The molecule has 0 aliphatic carbocycles. The summed E-state index contributed by atoms with van der Waals surface area (Å²) in [5.41, 5.74) is 1.99. The number of carbonyl (C=O) groups excluding carboxylic acids is 2. The molecule has 5 heteroatoms. The molecule has 2 amide bonds. The first-order valence-corrected chi connectivity index (χ1v) is 6.70. The third-order valence-electron chi connectivity index (χ3n) is 3.28. The Morgan fingerprint density at radius 2 is 1.40 bits per heavy atom. The Balaban J connectivity index is 2.17. The first kappa shape index (κ1) is 13.2. The molecule has 0 aromatic heterocycles. The van der Waals surface area contributed by atoms with Gasteiger partial charge in [-0.1, -0.05) is 41.4 Å². The van der Waals surface area contributed by atoms with Crippen LogP contribution < -0.4 is 4.90 Å². The van der Waals surface area contributed by atoms with E-state index in [9.17, 15) is 9.59 Å². The average molecular weight is 306 g/mol. The standard InChI is InChI=1S/C15H9Cl2NO2/c1-8-4-2-3-5-13(8)18-14(19)9-6-11(16)12(17)7-10(9)15(18)20/h2-7H,1H3. The third kappa shape index (κ3) is 1.82. The Hall–Kier alpha value is -1.84. The largest absolute Gasteiger partial charge is 0.268 e. The molecule has 0 spiro atoms. The van der Waals surface area contributed by atoms with Crippen molar-refractivity contribution in [3.8, 4) is 0 Å². The fraction of sp³-hybridized carbons (Fsp3) is 0.0667. The van der Waals surface area contributed by atoms with Gasteiger partial charge >= 0.3 is 0 Å². The topological polar surface area (TPSA) is 37.4 Å². The van der Waals surface area contributed by atoms with E-state index in [4.69, 9.17) is 23.2 Å². The van der Waals surface area contributed by atoms with Crippen LogP contribution >= 0.6 is 23.2 Å². The smallest absolute Gasteiger partial charge is 0.266 e. The lowest BCUT2D eigenvalue weighted by Crippen LogP contribution is -2.29. The average Bonchev–Trinajstić information content (AvgIpc) is 2.64. The second-order valence-corrected chi connectivity index (χ2v) is 5.36. The van der Waals surface area contributed by atoms with Crippen molar-refractivity contribution in [2.24, 2.45) is 0 Å². The number of hydrogen-bond donors (Lipinski definition) is 0. The van der Waals surface area contributed by atoms with Gasteiger partial charge in [-0.3, -0.25) is 9.59 Å². The van der Waals surface area contributed by atoms with Crippen molar-refractivity contribution in [3.05, 3.63) is 63.1 Å². The highest BCUT2D eigenvalue weighted by molar-refractivity contribution is 6.44. The zero-order chi connectivity index (χ0) is 14.4. The molecule has 0 radical (unpaired) electrons. The van der Waals surface area contributed by atoms with E-state index in [1.54, 1.807) is 12.1 Å². The zero-order valence-corrected chi connectivity index (χ0v) is 12.0. The molecule has 0 fully saturated rings. The summed E-state index contributed by atoms with van der Waals surface area (Å²) >= 11 is 11.8. The second kappa shape index (κ2) is 4.62. The van der Waals surface area contributed by atoms with Crippen LogP contribution in [0.1, 0.15) is 26.3 Å². The van der Waals surface area contributed by atoms with Crippen LogP contribution in [0.5, 0.6) is 0 Å². The first-order chi connectivity index (χ1) is 9.50. The number of aryl methyl sites for hydroxylation is 1. The number of nitrogens with zero attached hydrogens (tertiary/aromatic N) is 1. The first-order valence-electron chi connectivity index (χ1n) is 5.94. The molecule has 0 atom stereocenters. The molecule has 1 heterocycles. The van der Waals surface area contributed by atoms with Crippen LogP contribution in [0.2, 0.25) is 10.0 Å². The monoisotopic (exact) mass is 305 g/mol. The lowest BCUT2D eigenvalue weighted by Gasteiger charge is -2.16. The van der Waals surface area contributed by atoms with Crippen molar-refractivity contribution in [2.45, 2.75) is 6.92 Å². The minimum atomic E-state index is -0.377. The Morgan fingerprint density at radius 1 is 0.900 bits per heavy atom. The molecule has 20 heavy (non-hydrogen) atoms. The normalized spacial score (nSPS) is 13.8. The minimum absolute atomic E-state index is 0.262. The Bertz CT molecular complexity index is 715. The van der Waals surface area contributed by atoms with Crippen molar-refractivity contribution in [2.75, 3.05) is 4.90 Å². The number of fused-ring (bicyclic) bond motifs is 1. The van der Waals surface area contributed by atoms with Crippen LogP contribution in [0, 0.1) is 6.92 Å². The molecule has 3 nitrogen and oxygen atoms in total. The van der Waals surface area contributed by atoms with Crippen LogP contribution in [0.25, 0.3) is 0 Å². The van der Waals surface area contributed by atoms with E-state index in [1.165, 1.54) is 12.1 Å². The number of carbonyl (C=O) groups is 2. The van der Waals surface area contributed by atoms with Crippen molar-refractivity contribution >= 4 is 40.7 Å².